The van der Waals surface area contributed by atoms with Gasteiger partial charge < -0.3 is 0 Å². The maximum Gasteiger partial charge on any atom is 0.141 e. The van der Waals surface area contributed by atoms with Gasteiger partial charge in [0.25, 0.3) is 0 Å². The van der Waals surface area contributed by atoms with Gasteiger partial charge in [0, 0.05) is 17.3 Å². The molecule has 0 saturated heterocycles. The summed E-state index contributed by atoms with van der Waals surface area (Å²) in [5.41, 5.74) is -0.231. The van der Waals surface area contributed by atoms with Crippen LogP contribution < -0.4 is 0 Å². The first-order valence-electron chi connectivity index (χ1n) is 4.39. The quantitative estimate of drug-likeness (QED) is 0.597. The fourth-order valence-electron chi connectivity index (χ4n) is 1.55. The Kier molecular flexibility index (Phi) is 2.23. The standard InChI is InChI=1S/C10H15NO/c1-10(2,3)9(12)8-4-7(5-8)6-11/h7-8H,4-5H2,1-3H3. The van der Waals surface area contributed by atoms with Crippen molar-refractivity contribution in [2.45, 2.75) is 33.6 Å². The summed E-state index contributed by atoms with van der Waals surface area (Å²) in [6.07, 6.45) is 1.57. The average molecular weight is 165 g/mol. The topological polar surface area (TPSA) is 40.9 Å². The maximum absolute atomic E-state index is 11.6. The molecular formula is C10H15NO. The van der Waals surface area contributed by atoms with Gasteiger partial charge in [-0.2, -0.15) is 5.26 Å². The van der Waals surface area contributed by atoms with Crippen molar-refractivity contribution < 1.29 is 4.79 Å². The van der Waals surface area contributed by atoms with E-state index in [-0.39, 0.29) is 17.3 Å². The molecule has 0 aromatic rings. The van der Waals surface area contributed by atoms with Crippen LogP contribution in [0.4, 0.5) is 0 Å². The lowest BCUT2D eigenvalue weighted by Crippen LogP contribution is -2.36. The van der Waals surface area contributed by atoms with E-state index in [4.69, 9.17) is 5.26 Å². The van der Waals surface area contributed by atoms with Crippen molar-refractivity contribution in [3.05, 3.63) is 0 Å². The molecule has 0 unspecified atom stereocenters. The molecule has 0 aliphatic heterocycles. The van der Waals surface area contributed by atoms with E-state index in [1.54, 1.807) is 0 Å². The third kappa shape index (κ3) is 1.66. The molecule has 2 heteroatoms. The summed E-state index contributed by atoms with van der Waals surface area (Å²) in [7, 11) is 0. The Bertz CT molecular complexity index is 225. The lowest BCUT2D eigenvalue weighted by Gasteiger charge is -2.33. The first kappa shape index (κ1) is 9.25. The van der Waals surface area contributed by atoms with Crippen molar-refractivity contribution in [3.63, 3.8) is 0 Å². The fourth-order valence-corrected chi connectivity index (χ4v) is 1.55. The minimum atomic E-state index is -0.231. The average Bonchev–Trinajstić information content (AvgIpc) is 1.83. The van der Waals surface area contributed by atoms with Crippen molar-refractivity contribution in [3.8, 4) is 6.07 Å². The molecule has 0 spiro atoms. The summed E-state index contributed by atoms with van der Waals surface area (Å²) < 4.78 is 0. The maximum atomic E-state index is 11.6. The number of nitriles is 1. The highest BCUT2D eigenvalue weighted by molar-refractivity contribution is 5.86. The Morgan fingerprint density at radius 1 is 1.42 bits per heavy atom. The highest BCUT2D eigenvalue weighted by Crippen LogP contribution is 2.38. The largest absolute Gasteiger partial charge is 0.299 e. The summed E-state index contributed by atoms with van der Waals surface area (Å²) in [6.45, 7) is 5.82. The molecule has 0 aromatic carbocycles. The number of hydrogen-bond acceptors (Lipinski definition) is 2. The molecule has 2 nitrogen and oxygen atoms in total. The zero-order valence-corrected chi connectivity index (χ0v) is 7.92. The third-order valence-corrected chi connectivity index (χ3v) is 2.43. The van der Waals surface area contributed by atoms with Crippen LogP contribution in [-0.2, 0) is 4.79 Å². The first-order valence-corrected chi connectivity index (χ1v) is 4.39. The van der Waals surface area contributed by atoms with Gasteiger partial charge in [-0.15, -0.1) is 0 Å². The molecule has 1 rings (SSSR count). The molecule has 0 atom stereocenters. The molecule has 1 saturated carbocycles. The van der Waals surface area contributed by atoms with Gasteiger partial charge in [-0.25, -0.2) is 0 Å². The van der Waals surface area contributed by atoms with E-state index in [1.807, 2.05) is 20.8 Å². The summed E-state index contributed by atoms with van der Waals surface area (Å²) in [5, 5.41) is 8.53. The third-order valence-electron chi connectivity index (χ3n) is 2.43. The number of ketones is 1. The van der Waals surface area contributed by atoms with Crippen molar-refractivity contribution in [2.24, 2.45) is 17.3 Å². The summed E-state index contributed by atoms with van der Waals surface area (Å²) >= 11 is 0. The van der Waals surface area contributed by atoms with Crippen LogP contribution in [0.15, 0.2) is 0 Å². The van der Waals surface area contributed by atoms with Crippen LogP contribution in [0, 0.1) is 28.6 Å². The van der Waals surface area contributed by atoms with E-state index in [9.17, 15) is 4.79 Å². The lowest BCUT2D eigenvalue weighted by atomic mass is 9.68. The van der Waals surface area contributed by atoms with Gasteiger partial charge in [0.15, 0.2) is 0 Å². The van der Waals surface area contributed by atoms with Gasteiger partial charge >= 0.3 is 0 Å². The van der Waals surface area contributed by atoms with Gasteiger partial charge in [0.1, 0.15) is 5.78 Å². The minimum absolute atomic E-state index is 0.140. The van der Waals surface area contributed by atoms with E-state index in [0.717, 1.165) is 12.8 Å². The van der Waals surface area contributed by atoms with Gasteiger partial charge in [-0.05, 0) is 12.8 Å². The molecule has 1 aliphatic carbocycles. The van der Waals surface area contributed by atoms with Crippen LogP contribution >= 0.6 is 0 Å². The molecule has 66 valence electrons. The molecule has 12 heavy (non-hydrogen) atoms. The monoisotopic (exact) mass is 165 g/mol. The SMILES string of the molecule is CC(C)(C)C(=O)C1CC(C#N)C1. The molecule has 1 fully saturated rings. The van der Waals surface area contributed by atoms with Crippen LogP contribution in [0.2, 0.25) is 0 Å². The number of hydrogen-bond donors (Lipinski definition) is 0. The Balaban J connectivity index is 2.45. The van der Waals surface area contributed by atoms with Crippen LogP contribution in [0.25, 0.3) is 0 Å². The second-order valence-electron chi connectivity index (χ2n) is 4.61. The Labute approximate surface area is 73.6 Å². The van der Waals surface area contributed by atoms with Crippen molar-refractivity contribution in [1.82, 2.24) is 0 Å². The molecular weight excluding hydrogens is 150 g/mol. The zero-order chi connectivity index (χ0) is 9.35. The predicted octanol–water partition coefficient (Wildman–Crippen LogP) is 2.15. The summed E-state index contributed by atoms with van der Waals surface area (Å²) in [5.74, 6) is 0.616. The normalized spacial score (nSPS) is 28.8. The number of rotatable bonds is 1. The lowest BCUT2D eigenvalue weighted by molar-refractivity contribution is -0.133. The first-order chi connectivity index (χ1) is 5.45. The number of carbonyl (C=O) groups is 1. The van der Waals surface area contributed by atoms with E-state index in [0.29, 0.717) is 5.78 Å². The summed E-state index contributed by atoms with van der Waals surface area (Å²) in [6, 6.07) is 2.19. The van der Waals surface area contributed by atoms with Crippen molar-refractivity contribution >= 4 is 5.78 Å². The molecule has 1 aliphatic rings. The Morgan fingerprint density at radius 3 is 2.25 bits per heavy atom. The predicted molar refractivity (Wildman–Crippen MR) is 46.3 cm³/mol. The molecule has 0 aromatic heterocycles. The number of nitrogens with zero attached hydrogens (tertiary/aromatic N) is 1. The molecule has 0 heterocycles. The number of carbonyl (C=O) groups excluding carboxylic acids is 1. The van der Waals surface area contributed by atoms with Crippen molar-refractivity contribution in [2.75, 3.05) is 0 Å². The Hall–Kier alpha value is -0.840. The van der Waals surface area contributed by atoms with E-state index >= 15 is 0 Å². The second kappa shape index (κ2) is 2.90. The smallest absolute Gasteiger partial charge is 0.141 e. The minimum Gasteiger partial charge on any atom is -0.299 e. The van der Waals surface area contributed by atoms with Crippen LogP contribution in [0.5, 0.6) is 0 Å². The highest BCUT2D eigenvalue weighted by Gasteiger charge is 2.38. The van der Waals surface area contributed by atoms with Gasteiger partial charge in [0.05, 0.1) is 6.07 Å². The van der Waals surface area contributed by atoms with Gasteiger partial charge in [0.2, 0.25) is 0 Å². The van der Waals surface area contributed by atoms with Crippen LogP contribution in [0.3, 0.4) is 0 Å². The molecule has 0 N–H and O–H groups in total. The van der Waals surface area contributed by atoms with Gasteiger partial charge in [-0.1, -0.05) is 20.8 Å². The second-order valence-corrected chi connectivity index (χ2v) is 4.61. The van der Waals surface area contributed by atoms with E-state index in [1.165, 1.54) is 0 Å². The molecule has 0 radical (unpaired) electrons. The Morgan fingerprint density at radius 2 is 1.92 bits per heavy atom. The van der Waals surface area contributed by atoms with E-state index in [2.05, 4.69) is 6.07 Å². The molecule has 0 bridgehead atoms. The summed E-state index contributed by atoms with van der Waals surface area (Å²) in [4.78, 5) is 11.6. The number of Topliss-reactive ketones (excluding diaryl/α,β-unsaturated/α-hetero) is 1. The highest BCUT2D eigenvalue weighted by atomic mass is 16.1. The van der Waals surface area contributed by atoms with Crippen LogP contribution in [-0.4, -0.2) is 5.78 Å². The van der Waals surface area contributed by atoms with Gasteiger partial charge in [-0.3, -0.25) is 4.79 Å². The van der Waals surface area contributed by atoms with E-state index < -0.39 is 0 Å². The molecule has 0 amide bonds. The van der Waals surface area contributed by atoms with Crippen molar-refractivity contribution in [1.29, 1.82) is 5.26 Å². The zero-order valence-electron chi connectivity index (χ0n) is 7.92. The fraction of sp³-hybridized carbons (Fsp3) is 0.800. The van der Waals surface area contributed by atoms with Crippen LogP contribution in [0.1, 0.15) is 33.6 Å².